The van der Waals surface area contributed by atoms with Crippen molar-refractivity contribution in [3.05, 3.63) is 0 Å². The summed E-state index contributed by atoms with van der Waals surface area (Å²) >= 11 is 0. The molecule has 0 atom stereocenters. The minimum Gasteiger partial charge on any atom is -0.466 e. The molecule has 0 aliphatic rings. The molecular formula is C28H60O4. The molecule has 0 bridgehead atoms. The fourth-order valence-electron chi connectivity index (χ4n) is 2.84. The molecule has 4 heteroatoms. The minimum absolute atomic E-state index is 0.0593. The van der Waals surface area contributed by atoms with Gasteiger partial charge in [0.25, 0.3) is 0 Å². The topological polar surface area (TPSA) is 52.6 Å². The van der Waals surface area contributed by atoms with Crippen LogP contribution in [0.3, 0.4) is 0 Å². The molecule has 0 saturated carbocycles. The van der Waals surface area contributed by atoms with Crippen LogP contribution in [0.1, 0.15) is 153 Å². The van der Waals surface area contributed by atoms with Gasteiger partial charge in [0.15, 0.2) is 0 Å². The Morgan fingerprint density at radius 2 is 1.12 bits per heavy atom. The zero-order valence-corrected chi connectivity index (χ0v) is 23.9. The standard InChI is InChI=1S/C10H22.C8H16O2.C6H12O2.C4H10/c1-4-7-10(8-5-2)9-6-3;1-3-5-6-7-8(9)10-4-2;1-5(7)8-6(2,3)4;1-3-4-2/h10H,4-9H2,1-3H3;3-7H2,1-2H3;1-4H3;3-4H2,1-2H3. The monoisotopic (exact) mass is 460 g/mol. The summed E-state index contributed by atoms with van der Waals surface area (Å²) in [6.45, 7) is 22.6. The summed E-state index contributed by atoms with van der Waals surface area (Å²) < 4.78 is 9.55. The van der Waals surface area contributed by atoms with Crippen molar-refractivity contribution in [3.63, 3.8) is 0 Å². The maximum Gasteiger partial charge on any atom is 0.305 e. The molecule has 0 aromatic rings. The molecule has 0 aliphatic heterocycles. The van der Waals surface area contributed by atoms with E-state index in [0.717, 1.165) is 25.2 Å². The molecule has 32 heavy (non-hydrogen) atoms. The fraction of sp³-hybridized carbons (Fsp3) is 0.929. The van der Waals surface area contributed by atoms with Crippen molar-refractivity contribution in [1.29, 1.82) is 0 Å². The molecule has 0 amide bonds. The average molecular weight is 461 g/mol. The molecule has 0 aromatic carbocycles. The van der Waals surface area contributed by atoms with Crippen LogP contribution in [0.25, 0.3) is 0 Å². The van der Waals surface area contributed by atoms with Crippen LogP contribution in [0.5, 0.6) is 0 Å². The van der Waals surface area contributed by atoms with Gasteiger partial charge in [-0.25, -0.2) is 0 Å². The Labute approximate surface area is 202 Å². The van der Waals surface area contributed by atoms with Crippen LogP contribution in [0, 0.1) is 5.92 Å². The molecule has 196 valence electrons. The smallest absolute Gasteiger partial charge is 0.305 e. The van der Waals surface area contributed by atoms with Gasteiger partial charge < -0.3 is 9.47 Å². The highest BCUT2D eigenvalue weighted by Gasteiger charge is 2.11. The third-order valence-electron chi connectivity index (χ3n) is 4.33. The van der Waals surface area contributed by atoms with Gasteiger partial charge in [-0.15, -0.1) is 0 Å². The molecule has 0 fully saturated rings. The first kappa shape index (κ1) is 38.2. The quantitative estimate of drug-likeness (QED) is 0.215. The average Bonchev–Trinajstić information content (AvgIpc) is 2.68. The van der Waals surface area contributed by atoms with E-state index in [-0.39, 0.29) is 17.5 Å². The summed E-state index contributed by atoms with van der Waals surface area (Å²) in [5.74, 6) is 0.744. The van der Waals surface area contributed by atoms with E-state index in [4.69, 9.17) is 9.47 Å². The Morgan fingerprint density at radius 1 is 0.688 bits per heavy atom. The second-order valence-corrected chi connectivity index (χ2v) is 9.20. The third kappa shape index (κ3) is 46.9. The molecule has 0 heterocycles. The first-order valence-electron chi connectivity index (χ1n) is 13.3. The Morgan fingerprint density at radius 3 is 1.34 bits per heavy atom. The van der Waals surface area contributed by atoms with Gasteiger partial charge in [-0.1, -0.05) is 106 Å². The second kappa shape index (κ2) is 29.9. The summed E-state index contributed by atoms with van der Waals surface area (Å²) in [5, 5.41) is 0. The van der Waals surface area contributed by atoms with Crippen LogP contribution in [0.4, 0.5) is 0 Å². The van der Waals surface area contributed by atoms with Gasteiger partial charge in [0, 0.05) is 13.3 Å². The van der Waals surface area contributed by atoms with Gasteiger partial charge in [0.05, 0.1) is 6.61 Å². The van der Waals surface area contributed by atoms with Crippen LogP contribution >= 0.6 is 0 Å². The number of rotatable bonds is 12. The number of esters is 2. The van der Waals surface area contributed by atoms with Crippen molar-refractivity contribution in [2.24, 2.45) is 5.92 Å². The van der Waals surface area contributed by atoms with Crippen LogP contribution in [-0.2, 0) is 19.1 Å². The molecule has 0 N–H and O–H groups in total. The summed E-state index contributed by atoms with van der Waals surface area (Å²) in [7, 11) is 0. The predicted molar refractivity (Wildman–Crippen MR) is 141 cm³/mol. The maximum absolute atomic E-state index is 10.7. The molecule has 0 spiro atoms. The maximum atomic E-state index is 10.7. The van der Waals surface area contributed by atoms with Crippen molar-refractivity contribution >= 4 is 11.9 Å². The lowest BCUT2D eigenvalue weighted by Crippen LogP contribution is -2.21. The lowest BCUT2D eigenvalue weighted by molar-refractivity contribution is -0.152. The number of carbonyl (C=O) groups excluding carboxylic acids is 2. The van der Waals surface area contributed by atoms with E-state index in [1.54, 1.807) is 0 Å². The summed E-state index contributed by atoms with van der Waals surface area (Å²) in [4.78, 5) is 20.9. The molecule has 0 aromatic heterocycles. The summed E-state index contributed by atoms with van der Waals surface area (Å²) in [6, 6.07) is 0. The van der Waals surface area contributed by atoms with Crippen molar-refractivity contribution in [3.8, 4) is 0 Å². The van der Waals surface area contributed by atoms with E-state index in [0.29, 0.717) is 13.0 Å². The Hall–Kier alpha value is -1.06. The zero-order chi connectivity index (χ0) is 25.8. The summed E-state index contributed by atoms with van der Waals surface area (Å²) in [5.41, 5.74) is -0.328. The number of carbonyl (C=O) groups is 2. The highest BCUT2D eigenvalue weighted by Crippen LogP contribution is 2.18. The Bertz CT molecular complexity index is 356. The molecule has 0 aliphatic carbocycles. The number of unbranched alkanes of at least 4 members (excludes halogenated alkanes) is 3. The predicted octanol–water partition coefficient (Wildman–Crippen LogP) is 9.29. The summed E-state index contributed by atoms with van der Waals surface area (Å²) in [6.07, 6.45) is 14.9. The minimum atomic E-state index is -0.328. The van der Waals surface area contributed by atoms with Crippen LogP contribution in [-0.4, -0.2) is 24.1 Å². The van der Waals surface area contributed by atoms with E-state index in [1.165, 1.54) is 58.3 Å². The first-order valence-corrected chi connectivity index (χ1v) is 13.3. The highest BCUT2D eigenvalue weighted by atomic mass is 16.6. The van der Waals surface area contributed by atoms with Crippen molar-refractivity contribution in [1.82, 2.24) is 0 Å². The molecule has 4 nitrogen and oxygen atoms in total. The number of hydrogen-bond donors (Lipinski definition) is 0. The van der Waals surface area contributed by atoms with Crippen molar-refractivity contribution < 1.29 is 19.1 Å². The SMILES string of the molecule is CC(=O)OC(C)(C)C.CCCC.CCCC(CCC)CCC.CCCCCC(=O)OCC. The van der Waals surface area contributed by atoms with Crippen LogP contribution in [0.2, 0.25) is 0 Å². The zero-order valence-electron chi connectivity index (χ0n) is 23.9. The molecule has 0 rings (SSSR count). The Balaban J connectivity index is -0.000000170. The fourth-order valence-corrected chi connectivity index (χ4v) is 2.84. The number of ether oxygens (including phenoxy) is 2. The van der Waals surface area contributed by atoms with E-state index >= 15 is 0 Å². The highest BCUT2D eigenvalue weighted by molar-refractivity contribution is 5.69. The van der Waals surface area contributed by atoms with Gasteiger partial charge >= 0.3 is 11.9 Å². The van der Waals surface area contributed by atoms with E-state index in [2.05, 4.69) is 41.5 Å². The van der Waals surface area contributed by atoms with E-state index in [1.807, 2.05) is 27.7 Å². The first-order chi connectivity index (χ1) is 15.0. The lowest BCUT2D eigenvalue weighted by Gasteiger charge is -2.17. The largest absolute Gasteiger partial charge is 0.466 e. The Kier molecular flexibility index (Phi) is 35.8. The van der Waals surface area contributed by atoms with Gasteiger partial charge in [-0.05, 0) is 40.0 Å². The third-order valence-corrected chi connectivity index (χ3v) is 4.33. The van der Waals surface area contributed by atoms with E-state index in [9.17, 15) is 9.59 Å². The van der Waals surface area contributed by atoms with E-state index < -0.39 is 0 Å². The molecule has 0 unspecified atom stereocenters. The van der Waals surface area contributed by atoms with Crippen LogP contribution < -0.4 is 0 Å². The van der Waals surface area contributed by atoms with Gasteiger partial charge in [-0.3, -0.25) is 9.59 Å². The normalized spacial score (nSPS) is 10.0. The van der Waals surface area contributed by atoms with Crippen LogP contribution in [0.15, 0.2) is 0 Å². The van der Waals surface area contributed by atoms with Gasteiger partial charge in [0.2, 0.25) is 0 Å². The second-order valence-electron chi connectivity index (χ2n) is 9.20. The molecule has 0 radical (unpaired) electrons. The van der Waals surface area contributed by atoms with Gasteiger partial charge in [0.1, 0.15) is 5.60 Å². The van der Waals surface area contributed by atoms with Crippen molar-refractivity contribution in [2.75, 3.05) is 6.61 Å². The van der Waals surface area contributed by atoms with Crippen molar-refractivity contribution in [2.45, 2.75) is 159 Å². The van der Waals surface area contributed by atoms with Gasteiger partial charge in [-0.2, -0.15) is 0 Å². The molecular weight excluding hydrogens is 400 g/mol. The number of hydrogen-bond acceptors (Lipinski definition) is 4. The molecule has 0 saturated heterocycles. The lowest BCUT2D eigenvalue weighted by atomic mass is 9.94.